The highest BCUT2D eigenvalue weighted by Gasteiger charge is 1.95. The summed E-state index contributed by atoms with van der Waals surface area (Å²) < 4.78 is 0. The Bertz CT molecular complexity index is 342. The molecule has 0 bridgehead atoms. The summed E-state index contributed by atoms with van der Waals surface area (Å²) in [7, 11) is 0. The van der Waals surface area contributed by atoms with E-state index in [2.05, 4.69) is 37.4 Å². The molecule has 0 saturated heterocycles. The van der Waals surface area contributed by atoms with Gasteiger partial charge in [-0.15, -0.1) is 0 Å². The Balaban J connectivity index is 2.64. The van der Waals surface area contributed by atoms with Gasteiger partial charge in [-0.25, -0.2) is 0 Å². The van der Waals surface area contributed by atoms with Crippen molar-refractivity contribution in [1.82, 2.24) is 0 Å². The Hall–Kier alpha value is -0.950. The number of anilines is 1. The molecule has 0 heterocycles. The number of hydrogen-bond donors (Lipinski definition) is 1. The zero-order valence-corrected chi connectivity index (χ0v) is 9.65. The van der Waals surface area contributed by atoms with Crippen LogP contribution in [0, 0.1) is 13.8 Å². The van der Waals surface area contributed by atoms with E-state index in [0.717, 1.165) is 17.8 Å². The second kappa shape index (κ2) is 5.06. The Morgan fingerprint density at radius 3 is 2.64 bits per heavy atom. The van der Waals surface area contributed by atoms with Gasteiger partial charge in [-0.3, -0.25) is 0 Å². The van der Waals surface area contributed by atoms with Crippen molar-refractivity contribution < 1.29 is 0 Å². The molecule has 0 aliphatic heterocycles. The number of rotatable bonds is 3. The van der Waals surface area contributed by atoms with Gasteiger partial charge in [0.1, 0.15) is 0 Å². The highest BCUT2D eigenvalue weighted by molar-refractivity contribution is 6.25. The summed E-state index contributed by atoms with van der Waals surface area (Å²) in [6, 6.07) is 6.36. The summed E-state index contributed by atoms with van der Waals surface area (Å²) in [6.07, 6.45) is 0. The van der Waals surface area contributed by atoms with Crippen molar-refractivity contribution in [1.29, 1.82) is 0 Å². The summed E-state index contributed by atoms with van der Waals surface area (Å²) in [4.78, 5) is 0. The van der Waals surface area contributed by atoms with Gasteiger partial charge in [0, 0.05) is 17.8 Å². The van der Waals surface area contributed by atoms with E-state index in [-0.39, 0.29) is 0 Å². The van der Waals surface area contributed by atoms with Gasteiger partial charge < -0.3 is 5.32 Å². The molecule has 2 heteroatoms. The largest absolute Gasteiger partial charge is 0.381 e. The van der Waals surface area contributed by atoms with Crippen LogP contribution in [0.4, 0.5) is 5.69 Å². The Morgan fingerprint density at radius 2 is 2.07 bits per heavy atom. The zero-order valence-electron chi connectivity index (χ0n) is 8.89. The second-order valence-corrected chi connectivity index (χ2v) is 3.83. The maximum absolute atomic E-state index is 5.57. The number of nitrogens with one attached hydrogen (secondary N) is 1. The van der Waals surface area contributed by atoms with E-state index >= 15 is 0 Å². The van der Waals surface area contributed by atoms with Gasteiger partial charge in [0.25, 0.3) is 0 Å². The summed E-state index contributed by atoms with van der Waals surface area (Å²) in [5, 5.41) is 3.31. The normalized spacial score (nSPS) is 11.6. The topological polar surface area (TPSA) is 12.0 Å². The highest BCUT2D eigenvalue weighted by Crippen LogP contribution is 2.14. The third-order valence-electron chi connectivity index (χ3n) is 2.26. The lowest BCUT2D eigenvalue weighted by Crippen LogP contribution is -2.02. The monoisotopic (exact) mass is 209 g/mol. The van der Waals surface area contributed by atoms with E-state index in [0.29, 0.717) is 0 Å². The van der Waals surface area contributed by atoms with Crippen molar-refractivity contribution >= 4 is 17.3 Å². The summed E-state index contributed by atoms with van der Waals surface area (Å²) >= 11 is 5.57. The molecular weight excluding hydrogens is 194 g/mol. The van der Waals surface area contributed by atoms with Crippen LogP contribution in [0.2, 0.25) is 0 Å². The average molecular weight is 210 g/mol. The maximum atomic E-state index is 5.57. The fraction of sp³-hybridized carbons (Fsp3) is 0.333. The van der Waals surface area contributed by atoms with Gasteiger partial charge in [-0.05, 0) is 49.6 Å². The molecule has 0 atom stereocenters. The predicted molar refractivity (Wildman–Crippen MR) is 64.0 cm³/mol. The van der Waals surface area contributed by atoms with Crippen molar-refractivity contribution in [2.75, 3.05) is 11.9 Å². The first-order valence-electron chi connectivity index (χ1n) is 4.70. The minimum Gasteiger partial charge on any atom is -0.381 e. The summed E-state index contributed by atoms with van der Waals surface area (Å²) in [5.74, 6) is 0. The number of benzene rings is 1. The van der Waals surface area contributed by atoms with Crippen LogP contribution in [-0.2, 0) is 0 Å². The van der Waals surface area contributed by atoms with Crippen LogP contribution in [0.15, 0.2) is 29.3 Å². The quantitative estimate of drug-likeness (QED) is 0.797. The minimum atomic E-state index is 0.798. The lowest BCUT2D eigenvalue weighted by Gasteiger charge is -2.08. The molecule has 0 saturated carbocycles. The van der Waals surface area contributed by atoms with Crippen LogP contribution in [0.3, 0.4) is 0 Å². The Labute approximate surface area is 90.8 Å². The van der Waals surface area contributed by atoms with E-state index in [1.165, 1.54) is 11.1 Å². The summed E-state index contributed by atoms with van der Waals surface area (Å²) in [5.41, 5.74) is 6.51. The van der Waals surface area contributed by atoms with E-state index in [4.69, 9.17) is 11.6 Å². The molecule has 1 aromatic rings. The molecule has 0 radical (unpaired) electrons. The van der Waals surface area contributed by atoms with Gasteiger partial charge >= 0.3 is 0 Å². The first-order chi connectivity index (χ1) is 6.63. The van der Waals surface area contributed by atoms with Gasteiger partial charge in [0.2, 0.25) is 0 Å². The molecule has 1 aromatic carbocycles. The average Bonchev–Trinajstić information content (AvgIpc) is 2.19. The first-order valence-corrected chi connectivity index (χ1v) is 5.14. The molecule has 1 rings (SSSR count). The van der Waals surface area contributed by atoms with Crippen LogP contribution in [0.25, 0.3) is 0 Å². The molecule has 0 spiro atoms. The second-order valence-electron chi connectivity index (χ2n) is 3.61. The molecule has 0 unspecified atom stereocenters. The highest BCUT2D eigenvalue weighted by atomic mass is 35.5. The van der Waals surface area contributed by atoms with Gasteiger partial charge in [0.05, 0.1) is 0 Å². The predicted octanol–water partition coefficient (Wildman–Crippen LogP) is 3.86. The van der Waals surface area contributed by atoms with Crippen molar-refractivity contribution in [2.24, 2.45) is 0 Å². The lowest BCUT2D eigenvalue weighted by molar-refractivity contribution is 1.20. The van der Waals surface area contributed by atoms with Gasteiger partial charge in [-0.1, -0.05) is 17.7 Å². The van der Waals surface area contributed by atoms with Gasteiger partial charge in [0.15, 0.2) is 0 Å². The molecule has 0 aromatic heterocycles. The minimum absolute atomic E-state index is 0.798. The van der Waals surface area contributed by atoms with Crippen LogP contribution >= 0.6 is 11.6 Å². The van der Waals surface area contributed by atoms with E-state index in [1.54, 1.807) is 5.54 Å². The fourth-order valence-corrected chi connectivity index (χ4v) is 1.21. The molecule has 14 heavy (non-hydrogen) atoms. The van der Waals surface area contributed by atoms with Crippen molar-refractivity contribution in [3.63, 3.8) is 0 Å². The molecule has 1 nitrogen and oxygen atoms in total. The third-order valence-corrected chi connectivity index (χ3v) is 2.64. The number of halogens is 1. The van der Waals surface area contributed by atoms with Crippen molar-refractivity contribution in [3.05, 3.63) is 40.4 Å². The van der Waals surface area contributed by atoms with Crippen LogP contribution < -0.4 is 5.32 Å². The zero-order chi connectivity index (χ0) is 10.6. The molecule has 0 fully saturated rings. The number of hydrogen-bond acceptors (Lipinski definition) is 1. The van der Waals surface area contributed by atoms with E-state index < -0.39 is 0 Å². The fourth-order valence-electron chi connectivity index (χ4n) is 1.13. The molecule has 0 amide bonds. The Morgan fingerprint density at radius 1 is 1.36 bits per heavy atom. The molecule has 0 aliphatic rings. The SMILES string of the molecule is C/C(=C/Cl)CNc1ccc(C)c(C)c1. The van der Waals surface area contributed by atoms with E-state index in [1.807, 2.05) is 6.92 Å². The number of aryl methyl sites for hydroxylation is 2. The van der Waals surface area contributed by atoms with E-state index in [9.17, 15) is 0 Å². The molecule has 1 N–H and O–H groups in total. The lowest BCUT2D eigenvalue weighted by atomic mass is 10.1. The molecule has 76 valence electrons. The van der Waals surface area contributed by atoms with Gasteiger partial charge in [-0.2, -0.15) is 0 Å². The molecular formula is C12H16ClN. The van der Waals surface area contributed by atoms with Crippen LogP contribution in [0.5, 0.6) is 0 Å². The van der Waals surface area contributed by atoms with Crippen LogP contribution in [-0.4, -0.2) is 6.54 Å². The van der Waals surface area contributed by atoms with Crippen molar-refractivity contribution in [2.45, 2.75) is 20.8 Å². The standard InChI is InChI=1S/C12H16ClN/c1-9(7-13)8-14-12-5-4-10(2)11(3)6-12/h4-7,14H,8H2,1-3H3/b9-7-. The smallest absolute Gasteiger partial charge is 0.0369 e. The summed E-state index contributed by atoms with van der Waals surface area (Å²) in [6.45, 7) is 7.03. The first kappa shape index (κ1) is 11.1. The Kier molecular flexibility index (Phi) is 4.02. The third kappa shape index (κ3) is 3.08. The molecule has 0 aliphatic carbocycles. The van der Waals surface area contributed by atoms with Crippen molar-refractivity contribution in [3.8, 4) is 0 Å². The maximum Gasteiger partial charge on any atom is 0.0369 e. The van der Waals surface area contributed by atoms with Crippen LogP contribution in [0.1, 0.15) is 18.1 Å².